The van der Waals surface area contributed by atoms with Crippen molar-refractivity contribution in [3.8, 4) is 0 Å². The lowest BCUT2D eigenvalue weighted by Gasteiger charge is -2.13. The number of aromatic nitrogens is 1. The number of thiazole rings is 1. The van der Waals surface area contributed by atoms with Crippen molar-refractivity contribution in [1.29, 1.82) is 0 Å². The molecular weight excluding hydrogens is 306 g/mol. The van der Waals surface area contributed by atoms with Crippen LogP contribution in [0.4, 0.5) is 0 Å². The van der Waals surface area contributed by atoms with Gasteiger partial charge in [-0.2, -0.15) is 0 Å². The summed E-state index contributed by atoms with van der Waals surface area (Å²) in [6.07, 6.45) is 1.54. The molecule has 1 unspecified atom stereocenters. The third-order valence-corrected chi connectivity index (χ3v) is 5.88. The monoisotopic (exact) mass is 333 g/mol. The standard InChI is InChI=1S/C14H27N3O2S2/c1-10(2)15-8-6-7-9-21(18,19)17-12(4)14-11(3)16-13(5)20-14/h10,12,15,17H,6-9H2,1-5H3. The molecule has 122 valence electrons. The van der Waals surface area contributed by atoms with Crippen LogP contribution in [-0.2, 0) is 10.0 Å². The quantitative estimate of drug-likeness (QED) is 0.681. The van der Waals surface area contributed by atoms with E-state index in [4.69, 9.17) is 0 Å². The largest absolute Gasteiger partial charge is 0.315 e. The predicted octanol–water partition coefficient (Wildman–Crippen LogP) is 2.52. The van der Waals surface area contributed by atoms with Crippen molar-refractivity contribution in [2.24, 2.45) is 0 Å². The molecule has 5 nitrogen and oxygen atoms in total. The summed E-state index contributed by atoms with van der Waals surface area (Å²) in [5.41, 5.74) is 0.911. The van der Waals surface area contributed by atoms with Gasteiger partial charge in [-0.15, -0.1) is 11.3 Å². The van der Waals surface area contributed by atoms with Crippen LogP contribution in [0.25, 0.3) is 0 Å². The first kappa shape index (κ1) is 18.5. The van der Waals surface area contributed by atoms with Crippen LogP contribution in [-0.4, -0.2) is 31.7 Å². The van der Waals surface area contributed by atoms with Crippen molar-refractivity contribution < 1.29 is 8.42 Å². The molecule has 7 heteroatoms. The van der Waals surface area contributed by atoms with Gasteiger partial charge in [0.25, 0.3) is 0 Å². The number of aryl methyl sites for hydroxylation is 2. The molecule has 0 aliphatic rings. The van der Waals surface area contributed by atoms with E-state index in [-0.39, 0.29) is 11.8 Å². The first-order chi connectivity index (χ1) is 9.71. The highest BCUT2D eigenvalue weighted by Crippen LogP contribution is 2.24. The van der Waals surface area contributed by atoms with Gasteiger partial charge in [-0.25, -0.2) is 18.1 Å². The van der Waals surface area contributed by atoms with E-state index < -0.39 is 10.0 Å². The van der Waals surface area contributed by atoms with Crippen molar-refractivity contribution in [2.75, 3.05) is 12.3 Å². The molecule has 0 aromatic carbocycles. The third kappa shape index (κ3) is 6.86. The molecule has 0 amide bonds. The molecule has 0 fully saturated rings. The molecule has 1 heterocycles. The minimum absolute atomic E-state index is 0.175. The van der Waals surface area contributed by atoms with Crippen LogP contribution in [0, 0.1) is 13.8 Å². The molecule has 1 rings (SSSR count). The van der Waals surface area contributed by atoms with Gasteiger partial charge < -0.3 is 5.32 Å². The average molecular weight is 334 g/mol. The second-order valence-electron chi connectivity index (χ2n) is 5.66. The molecule has 0 radical (unpaired) electrons. The van der Waals surface area contributed by atoms with E-state index in [9.17, 15) is 8.42 Å². The molecule has 21 heavy (non-hydrogen) atoms. The van der Waals surface area contributed by atoms with Crippen LogP contribution in [0.1, 0.15) is 55.2 Å². The summed E-state index contributed by atoms with van der Waals surface area (Å²) >= 11 is 1.55. The number of nitrogens with zero attached hydrogens (tertiary/aromatic N) is 1. The van der Waals surface area contributed by atoms with Crippen LogP contribution < -0.4 is 10.0 Å². The maximum atomic E-state index is 12.1. The number of nitrogens with one attached hydrogen (secondary N) is 2. The van der Waals surface area contributed by atoms with Crippen LogP contribution >= 0.6 is 11.3 Å². The second-order valence-corrected chi connectivity index (χ2v) is 8.77. The zero-order chi connectivity index (χ0) is 16.0. The molecule has 1 aromatic heterocycles. The molecule has 0 aliphatic carbocycles. The SMILES string of the molecule is Cc1nc(C)c(C(C)NS(=O)(=O)CCCCNC(C)C)s1. The summed E-state index contributed by atoms with van der Waals surface area (Å²) < 4.78 is 26.9. The Hall–Kier alpha value is -0.500. The molecule has 1 aromatic rings. The minimum Gasteiger partial charge on any atom is -0.315 e. The van der Waals surface area contributed by atoms with Gasteiger partial charge in [0, 0.05) is 10.9 Å². The van der Waals surface area contributed by atoms with E-state index in [1.165, 1.54) is 0 Å². The van der Waals surface area contributed by atoms with Crippen LogP contribution in [0.15, 0.2) is 0 Å². The van der Waals surface area contributed by atoms with Gasteiger partial charge in [0.15, 0.2) is 0 Å². The van der Waals surface area contributed by atoms with E-state index in [1.807, 2.05) is 20.8 Å². The molecule has 0 spiro atoms. The smallest absolute Gasteiger partial charge is 0.212 e. The Bertz CT molecular complexity index is 538. The number of hydrogen-bond acceptors (Lipinski definition) is 5. The molecule has 0 aliphatic heterocycles. The molecule has 2 N–H and O–H groups in total. The highest BCUT2D eigenvalue weighted by molar-refractivity contribution is 7.89. The lowest BCUT2D eigenvalue weighted by atomic mass is 10.2. The summed E-state index contributed by atoms with van der Waals surface area (Å²) in [7, 11) is -3.24. The normalized spacial score (nSPS) is 13.8. The topological polar surface area (TPSA) is 71.1 Å². The van der Waals surface area contributed by atoms with Crippen LogP contribution in [0.5, 0.6) is 0 Å². The van der Waals surface area contributed by atoms with E-state index in [0.717, 1.165) is 28.5 Å². The van der Waals surface area contributed by atoms with Crippen molar-refractivity contribution in [2.45, 2.75) is 59.5 Å². The zero-order valence-electron chi connectivity index (χ0n) is 13.6. The van der Waals surface area contributed by atoms with E-state index in [2.05, 4.69) is 28.9 Å². The Labute approximate surface area is 132 Å². The van der Waals surface area contributed by atoms with E-state index in [0.29, 0.717) is 12.5 Å². The average Bonchev–Trinajstić information content (AvgIpc) is 2.67. The zero-order valence-corrected chi connectivity index (χ0v) is 15.2. The molecule has 1 atom stereocenters. The van der Waals surface area contributed by atoms with Crippen LogP contribution in [0.3, 0.4) is 0 Å². The number of hydrogen-bond donors (Lipinski definition) is 2. The summed E-state index contributed by atoms with van der Waals surface area (Å²) in [4.78, 5) is 5.34. The van der Waals surface area contributed by atoms with Gasteiger partial charge in [-0.3, -0.25) is 0 Å². The number of rotatable bonds is 9. The van der Waals surface area contributed by atoms with E-state index in [1.54, 1.807) is 11.3 Å². The lowest BCUT2D eigenvalue weighted by Crippen LogP contribution is -2.30. The van der Waals surface area contributed by atoms with Crippen molar-refractivity contribution >= 4 is 21.4 Å². The first-order valence-corrected chi connectivity index (χ1v) is 9.85. The second kappa shape index (κ2) is 8.22. The van der Waals surface area contributed by atoms with Gasteiger partial charge in [-0.05, 0) is 40.2 Å². The van der Waals surface area contributed by atoms with Crippen molar-refractivity contribution in [3.05, 3.63) is 15.6 Å². The van der Waals surface area contributed by atoms with Gasteiger partial charge in [0.1, 0.15) is 0 Å². The van der Waals surface area contributed by atoms with Gasteiger partial charge in [0.2, 0.25) is 10.0 Å². The van der Waals surface area contributed by atoms with Crippen molar-refractivity contribution in [1.82, 2.24) is 15.0 Å². The Kier molecular flexibility index (Phi) is 7.26. The fraction of sp³-hybridized carbons (Fsp3) is 0.786. The summed E-state index contributed by atoms with van der Waals surface area (Å²) in [5.74, 6) is 0.175. The summed E-state index contributed by atoms with van der Waals surface area (Å²) in [5, 5.41) is 4.25. The van der Waals surface area contributed by atoms with Gasteiger partial charge in [-0.1, -0.05) is 13.8 Å². The highest BCUT2D eigenvalue weighted by atomic mass is 32.2. The fourth-order valence-corrected chi connectivity index (χ4v) is 4.50. The Morgan fingerprint density at radius 2 is 1.86 bits per heavy atom. The minimum atomic E-state index is -3.24. The molecule has 0 bridgehead atoms. The molecule has 0 saturated carbocycles. The maximum Gasteiger partial charge on any atom is 0.212 e. The first-order valence-electron chi connectivity index (χ1n) is 7.38. The third-order valence-electron chi connectivity index (χ3n) is 3.08. The number of sulfonamides is 1. The van der Waals surface area contributed by atoms with Crippen LogP contribution in [0.2, 0.25) is 0 Å². The lowest BCUT2D eigenvalue weighted by molar-refractivity contribution is 0.549. The summed E-state index contributed by atoms with van der Waals surface area (Å²) in [6.45, 7) is 10.7. The molecule has 0 saturated heterocycles. The Morgan fingerprint density at radius 3 is 2.38 bits per heavy atom. The van der Waals surface area contributed by atoms with Gasteiger partial charge >= 0.3 is 0 Å². The Balaban J connectivity index is 2.43. The fourth-order valence-electron chi connectivity index (χ4n) is 2.14. The van der Waals surface area contributed by atoms with Gasteiger partial charge in [0.05, 0.1) is 22.5 Å². The maximum absolute atomic E-state index is 12.1. The number of unbranched alkanes of at least 4 members (excludes halogenated alkanes) is 1. The Morgan fingerprint density at radius 1 is 1.19 bits per heavy atom. The summed E-state index contributed by atoms with van der Waals surface area (Å²) in [6, 6.07) is 0.229. The van der Waals surface area contributed by atoms with Crippen molar-refractivity contribution in [3.63, 3.8) is 0 Å². The predicted molar refractivity (Wildman–Crippen MR) is 89.3 cm³/mol. The van der Waals surface area contributed by atoms with E-state index >= 15 is 0 Å². The molecular formula is C14H27N3O2S2. The highest BCUT2D eigenvalue weighted by Gasteiger charge is 2.19.